The summed E-state index contributed by atoms with van der Waals surface area (Å²) in [4.78, 5) is 21.6. The zero-order chi connectivity index (χ0) is 15.4. The first kappa shape index (κ1) is 14.7. The van der Waals surface area contributed by atoms with Crippen LogP contribution in [-0.2, 0) is 4.79 Å². The van der Waals surface area contributed by atoms with Gasteiger partial charge in [0.25, 0.3) is 0 Å². The first-order chi connectivity index (χ1) is 10.7. The molecule has 1 aromatic heterocycles. The molecule has 2 aromatic rings. The van der Waals surface area contributed by atoms with E-state index in [2.05, 4.69) is 20.2 Å². The van der Waals surface area contributed by atoms with Gasteiger partial charge in [-0.1, -0.05) is 6.07 Å². The number of nitrogens with zero attached hydrogens (tertiary/aromatic N) is 2. The van der Waals surface area contributed by atoms with Crippen molar-refractivity contribution in [3.05, 3.63) is 48.3 Å². The number of hydrogen-bond donors (Lipinski definition) is 2. The van der Waals surface area contributed by atoms with Crippen LogP contribution in [0.15, 0.2) is 36.7 Å². The van der Waals surface area contributed by atoms with Crippen molar-refractivity contribution < 1.29 is 9.18 Å². The van der Waals surface area contributed by atoms with Gasteiger partial charge in [-0.15, -0.1) is 0 Å². The Labute approximate surface area is 128 Å². The van der Waals surface area contributed by atoms with Gasteiger partial charge in [-0.2, -0.15) is 0 Å². The third-order valence-corrected chi connectivity index (χ3v) is 3.94. The number of rotatable bonds is 5. The van der Waals surface area contributed by atoms with Gasteiger partial charge in [0, 0.05) is 43.5 Å². The fourth-order valence-electron chi connectivity index (χ4n) is 2.81. The highest BCUT2D eigenvalue weighted by Gasteiger charge is 2.25. The molecule has 2 heterocycles. The Hall–Kier alpha value is -2.21. The maximum atomic E-state index is 13.1. The number of aromatic amines is 1. The van der Waals surface area contributed by atoms with Gasteiger partial charge in [-0.25, -0.2) is 9.37 Å². The molecule has 1 aromatic carbocycles. The second-order valence-electron chi connectivity index (χ2n) is 5.57. The Kier molecular flexibility index (Phi) is 4.48. The maximum absolute atomic E-state index is 13.1. The highest BCUT2D eigenvalue weighted by atomic mass is 19.1. The molecule has 1 fully saturated rings. The average molecular weight is 302 g/mol. The van der Waals surface area contributed by atoms with Crippen molar-refractivity contribution in [2.45, 2.75) is 18.8 Å². The van der Waals surface area contributed by atoms with E-state index in [1.807, 2.05) is 6.20 Å². The number of H-pyrrole nitrogens is 1. The van der Waals surface area contributed by atoms with Crippen molar-refractivity contribution in [2.24, 2.45) is 0 Å². The lowest BCUT2D eigenvalue weighted by atomic mass is 10.1. The molecule has 0 radical (unpaired) electrons. The van der Waals surface area contributed by atoms with Crippen LogP contribution in [0, 0.1) is 5.82 Å². The number of anilines is 1. The molecule has 116 valence electrons. The van der Waals surface area contributed by atoms with Crippen molar-refractivity contribution in [2.75, 3.05) is 25.0 Å². The predicted molar refractivity (Wildman–Crippen MR) is 82.0 cm³/mol. The van der Waals surface area contributed by atoms with E-state index in [1.165, 1.54) is 12.1 Å². The molecule has 1 aliphatic heterocycles. The molecule has 22 heavy (non-hydrogen) atoms. The molecule has 5 nitrogen and oxygen atoms in total. The first-order valence-electron chi connectivity index (χ1n) is 7.48. The number of carbonyl (C=O) groups excluding carboxylic acids is 1. The average Bonchev–Trinajstić information content (AvgIpc) is 3.16. The van der Waals surface area contributed by atoms with Crippen LogP contribution >= 0.6 is 0 Å². The summed E-state index contributed by atoms with van der Waals surface area (Å²) in [7, 11) is 0. The van der Waals surface area contributed by atoms with Gasteiger partial charge in [0.2, 0.25) is 5.91 Å². The molecule has 1 atom stereocenters. The maximum Gasteiger partial charge on any atom is 0.225 e. The summed E-state index contributed by atoms with van der Waals surface area (Å²) in [5, 5.41) is 2.72. The van der Waals surface area contributed by atoms with Crippen LogP contribution in [-0.4, -0.2) is 40.4 Å². The first-order valence-corrected chi connectivity index (χ1v) is 7.48. The SMILES string of the molecule is O=C(CCN1CCC(c2ncc[nH]2)C1)Nc1cccc(F)c1. The summed E-state index contributed by atoms with van der Waals surface area (Å²) in [5.74, 6) is 0.999. The number of amides is 1. The van der Waals surface area contributed by atoms with Crippen molar-refractivity contribution >= 4 is 11.6 Å². The van der Waals surface area contributed by atoms with Crippen LogP contribution in [0.1, 0.15) is 24.6 Å². The van der Waals surface area contributed by atoms with E-state index in [-0.39, 0.29) is 11.7 Å². The molecular formula is C16H19FN4O. The molecule has 1 unspecified atom stereocenters. The van der Waals surface area contributed by atoms with Crippen LogP contribution in [0.3, 0.4) is 0 Å². The van der Waals surface area contributed by atoms with E-state index < -0.39 is 0 Å². The van der Waals surface area contributed by atoms with Crippen molar-refractivity contribution in [3.8, 4) is 0 Å². The summed E-state index contributed by atoms with van der Waals surface area (Å²) in [6, 6.07) is 5.94. The van der Waals surface area contributed by atoms with Crippen molar-refractivity contribution in [1.82, 2.24) is 14.9 Å². The van der Waals surface area contributed by atoms with Gasteiger partial charge in [0.15, 0.2) is 0 Å². The van der Waals surface area contributed by atoms with E-state index in [1.54, 1.807) is 18.3 Å². The van der Waals surface area contributed by atoms with E-state index in [0.717, 1.165) is 25.3 Å². The summed E-state index contributed by atoms with van der Waals surface area (Å²) in [6.07, 6.45) is 5.06. The largest absolute Gasteiger partial charge is 0.348 e. The number of imidazole rings is 1. The zero-order valence-corrected chi connectivity index (χ0v) is 12.3. The van der Waals surface area contributed by atoms with Gasteiger partial charge in [0.1, 0.15) is 11.6 Å². The molecular weight excluding hydrogens is 283 g/mol. The van der Waals surface area contributed by atoms with Gasteiger partial charge >= 0.3 is 0 Å². The third-order valence-electron chi connectivity index (χ3n) is 3.94. The number of hydrogen-bond acceptors (Lipinski definition) is 3. The third kappa shape index (κ3) is 3.71. The van der Waals surface area contributed by atoms with Crippen LogP contribution in [0.4, 0.5) is 10.1 Å². The number of benzene rings is 1. The topological polar surface area (TPSA) is 61.0 Å². The van der Waals surface area contributed by atoms with E-state index in [0.29, 0.717) is 24.6 Å². The fourth-order valence-corrected chi connectivity index (χ4v) is 2.81. The highest BCUT2D eigenvalue weighted by Crippen LogP contribution is 2.24. The molecule has 2 N–H and O–H groups in total. The van der Waals surface area contributed by atoms with Crippen LogP contribution in [0.25, 0.3) is 0 Å². The van der Waals surface area contributed by atoms with Crippen molar-refractivity contribution in [1.29, 1.82) is 0 Å². The highest BCUT2D eigenvalue weighted by molar-refractivity contribution is 5.90. The Balaban J connectivity index is 1.44. The van der Waals surface area contributed by atoms with E-state index in [4.69, 9.17) is 0 Å². The lowest BCUT2D eigenvalue weighted by molar-refractivity contribution is -0.116. The molecule has 0 saturated carbocycles. The summed E-state index contributed by atoms with van der Waals surface area (Å²) in [5.41, 5.74) is 0.500. The molecule has 0 bridgehead atoms. The predicted octanol–water partition coefficient (Wildman–Crippen LogP) is 2.37. The number of aromatic nitrogens is 2. The Morgan fingerprint density at radius 1 is 1.50 bits per heavy atom. The summed E-state index contributed by atoms with van der Waals surface area (Å²) < 4.78 is 13.1. The lowest BCUT2D eigenvalue weighted by Crippen LogP contribution is -2.26. The monoisotopic (exact) mass is 302 g/mol. The summed E-state index contributed by atoms with van der Waals surface area (Å²) in [6.45, 7) is 2.59. The summed E-state index contributed by atoms with van der Waals surface area (Å²) >= 11 is 0. The molecule has 0 spiro atoms. The number of carbonyl (C=O) groups is 1. The number of nitrogens with one attached hydrogen (secondary N) is 2. The Morgan fingerprint density at radius 2 is 2.41 bits per heavy atom. The normalized spacial score (nSPS) is 18.5. The minimum Gasteiger partial charge on any atom is -0.348 e. The lowest BCUT2D eigenvalue weighted by Gasteiger charge is -2.15. The fraction of sp³-hybridized carbons (Fsp3) is 0.375. The minimum atomic E-state index is -0.348. The molecule has 6 heteroatoms. The van der Waals surface area contributed by atoms with E-state index in [9.17, 15) is 9.18 Å². The molecule has 0 aliphatic carbocycles. The zero-order valence-electron chi connectivity index (χ0n) is 12.3. The van der Waals surface area contributed by atoms with Gasteiger partial charge in [0.05, 0.1) is 0 Å². The molecule has 1 saturated heterocycles. The second-order valence-corrected chi connectivity index (χ2v) is 5.57. The number of likely N-dealkylation sites (tertiary alicyclic amines) is 1. The molecule has 1 amide bonds. The Morgan fingerprint density at radius 3 is 3.18 bits per heavy atom. The molecule has 3 rings (SSSR count). The quantitative estimate of drug-likeness (QED) is 0.891. The second kappa shape index (κ2) is 6.70. The minimum absolute atomic E-state index is 0.0907. The van der Waals surface area contributed by atoms with Crippen LogP contribution in [0.5, 0.6) is 0 Å². The van der Waals surface area contributed by atoms with Gasteiger partial charge < -0.3 is 15.2 Å². The van der Waals surface area contributed by atoms with Crippen molar-refractivity contribution in [3.63, 3.8) is 0 Å². The van der Waals surface area contributed by atoms with Gasteiger partial charge in [-0.3, -0.25) is 4.79 Å². The van der Waals surface area contributed by atoms with E-state index >= 15 is 0 Å². The van der Waals surface area contributed by atoms with Crippen LogP contribution in [0.2, 0.25) is 0 Å². The Bertz CT molecular complexity index is 629. The van der Waals surface area contributed by atoms with Crippen LogP contribution < -0.4 is 5.32 Å². The smallest absolute Gasteiger partial charge is 0.225 e. The molecule has 1 aliphatic rings. The number of halogens is 1. The van der Waals surface area contributed by atoms with Gasteiger partial charge in [-0.05, 0) is 31.2 Å². The standard InChI is InChI=1S/C16H19FN4O/c17-13-2-1-3-14(10-13)20-15(22)5-9-21-8-4-12(11-21)16-18-6-7-19-16/h1-3,6-7,10,12H,4-5,8-9,11H2,(H,18,19)(H,20,22).